The molecule has 4 aromatic rings. The van der Waals surface area contributed by atoms with Gasteiger partial charge in [0.2, 0.25) is 5.88 Å². The van der Waals surface area contributed by atoms with Crippen LogP contribution in [0.3, 0.4) is 0 Å². The molecule has 8 nitrogen and oxygen atoms in total. The smallest absolute Gasteiger partial charge is 0.355 e. The number of ether oxygens (including phenoxy) is 2. The van der Waals surface area contributed by atoms with E-state index in [1.165, 1.54) is 24.3 Å². The second-order valence-electron chi connectivity index (χ2n) is 7.75. The molecule has 1 aliphatic heterocycles. The maximum Gasteiger partial charge on any atom is 0.355 e. The highest BCUT2D eigenvalue weighted by molar-refractivity contribution is 7.21. The Hall–Kier alpha value is -4.10. The fourth-order valence-electron chi connectivity index (χ4n) is 3.98. The van der Waals surface area contributed by atoms with Gasteiger partial charge in [-0.25, -0.2) is 4.79 Å². The molecule has 3 aromatic carbocycles. The Morgan fingerprint density at radius 2 is 1.97 bits per heavy atom. The van der Waals surface area contributed by atoms with Crippen molar-refractivity contribution in [1.82, 2.24) is 0 Å². The molecule has 2 heterocycles. The lowest BCUT2D eigenvalue weighted by molar-refractivity contribution is -0.384. The SMILES string of the molecule is N#CC1=C(N)Oc2cc(OC(=O)c3sc4cc(Cl)ccc4c3Cl)ccc2C1c1cccc([N+](=O)[O-])c1. The number of hydrogen-bond donors (Lipinski definition) is 1. The molecule has 36 heavy (non-hydrogen) atoms. The normalized spacial score (nSPS) is 14.6. The molecule has 1 atom stereocenters. The fraction of sp³-hybridized carbons (Fsp3) is 0.0400. The Balaban J connectivity index is 1.50. The van der Waals surface area contributed by atoms with Crippen LogP contribution in [0.15, 0.2) is 72.1 Å². The summed E-state index contributed by atoms with van der Waals surface area (Å²) in [6.45, 7) is 0. The predicted octanol–water partition coefficient (Wildman–Crippen LogP) is 6.55. The minimum atomic E-state index is -0.704. The van der Waals surface area contributed by atoms with Gasteiger partial charge in [0, 0.05) is 38.9 Å². The molecule has 0 saturated heterocycles. The Kier molecular flexibility index (Phi) is 6.02. The number of rotatable bonds is 4. The molecule has 0 spiro atoms. The molecule has 0 bridgehead atoms. The Morgan fingerprint density at radius 3 is 2.72 bits per heavy atom. The quantitative estimate of drug-likeness (QED) is 0.135. The van der Waals surface area contributed by atoms with Gasteiger partial charge >= 0.3 is 5.97 Å². The van der Waals surface area contributed by atoms with Crippen molar-refractivity contribution in [2.24, 2.45) is 5.73 Å². The summed E-state index contributed by atoms with van der Waals surface area (Å²) in [4.78, 5) is 23.9. The zero-order valence-corrected chi connectivity index (χ0v) is 20.4. The number of nitrogens with zero attached hydrogens (tertiary/aromatic N) is 2. The van der Waals surface area contributed by atoms with Crippen LogP contribution >= 0.6 is 34.5 Å². The number of nitriles is 1. The van der Waals surface area contributed by atoms with Crippen LogP contribution in [0.5, 0.6) is 11.5 Å². The number of benzene rings is 3. The van der Waals surface area contributed by atoms with E-state index in [1.54, 1.807) is 36.4 Å². The van der Waals surface area contributed by atoms with Crippen LogP contribution in [0, 0.1) is 21.4 Å². The van der Waals surface area contributed by atoms with Gasteiger partial charge in [0.05, 0.1) is 15.9 Å². The first kappa shape index (κ1) is 23.6. The van der Waals surface area contributed by atoms with Gasteiger partial charge in [0.25, 0.3) is 5.69 Å². The van der Waals surface area contributed by atoms with Gasteiger partial charge in [-0.3, -0.25) is 10.1 Å². The topological polar surface area (TPSA) is 128 Å². The first-order chi connectivity index (χ1) is 17.3. The average Bonchev–Trinajstić information content (AvgIpc) is 3.18. The number of allylic oxidation sites excluding steroid dienone is 1. The zero-order valence-electron chi connectivity index (χ0n) is 18.0. The van der Waals surface area contributed by atoms with Gasteiger partial charge in [-0.15, -0.1) is 11.3 Å². The van der Waals surface area contributed by atoms with Gasteiger partial charge in [-0.05, 0) is 23.8 Å². The lowest BCUT2D eigenvalue weighted by atomic mass is 9.83. The highest BCUT2D eigenvalue weighted by atomic mass is 35.5. The van der Waals surface area contributed by atoms with E-state index < -0.39 is 16.8 Å². The van der Waals surface area contributed by atoms with Crippen molar-refractivity contribution in [2.45, 2.75) is 5.92 Å². The van der Waals surface area contributed by atoms with Crippen LogP contribution < -0.4 is 15.2 Å². The van der Waals surface area contributed by atoms with E-state index in [9.17, 15) is 20.2 Å². The first-order valence-electron chi connectivity index (χ1n) is 10.3. The predicted molar refractivity (Wildman–Crippen MR) is 136 cm³/mol. The average molecular weight is 538 g/mol. The highest BCUT2D eigenvalue weighted by Gasteiger charge is 2.32. The third-order valence-corrected chi connectivity index (χ3v) is 7.46. The zero-order chi connectivity index (χ0) is 25.6. The van der Waals surface area contributed by atoms with Crippen molar-refractivity contribution in [3.63, 3.8) is 0 Å². The maximum atomic E-state index is 12.9. The summed E-state index contributed by atoms with van der Waals surface area (Å²) in [6.07, 6.45) is 0. The van der Waals surface area contributed by atoms with E-state index in [-0.39, 0.29) is 38.5 Å². The molecule has 0 fully saturated rings. The number of esters is 1. The molecule has 5 rings (SSSR count). The van der Waals surface area contributed by atoms with Crippen molar-refractivity contribution in [3.05, 3.63) is 108 Å². The Labute approximate surface area is 217 Å². The maximum absolute atomic E-state index is 12.9. The highest BCUT2D eigenvalue weighted by Crippen LogP contribution is 2.44. The molecule has 178 valence electrons. The van der Waals surface area contributed by atoms with Crippen LogP contribution in [0.4, 0.5) is 5.69 Å². The summed E-state index contributed by atoms with van der Waals surface area (Å²) in [5.74, 6) is -1.09. The number of nitrogens with two attached hydrogens (primary N) is 1. The summed E-state index contributed by atoms with van der Waals surface area (Å²) < 4.78 is 11.9. The van der Waals surface area contributed by atoms with Crippen LogP contribution in [0.25, 0.3) is 10.1 Å². The Morgan fingerprint density at radius 1 is 1.17 bits per heavy atom. The Bertz CT molecular complexity index is 1660. The van der Waals surface area contributed by atoms with Crippen molar-refractivity contribution >= 4 is 56.3 Å². The molecule has 11 heteroatoms. The summed E-state index contributed by atoms with van der Waals surface area (Å²) >= 11 is 13.6. The van der Waals surface area contributed by atoms with E-state index in [2.05, 4.69) is 0 Å². The molecule has 0 amide bonds. The van der Waals surface area contributed by atoms with E-state index >= 15 is 0 Å². The summed E-state index contributed by atoms with van der Waals surface area (Å²) in [7, 11) is 0. The molecule has 0 aliphatic carbocycles. The fourth-order valence-corrected chi connectivity index (χ4v) is 5.64. The van der Waals surface area contributed by atoms with E-state index in [1.807, 2.05) is 6.07 Å². The van der Waals surface area contributed by atoms with Crippen molar-refractivity contribution in [2.75, 3.05) is 0 Å². The number of carbonyl (C=O) groups excluding carboxylic acids is 1. The molecule has 1 aromatic heterocycles. The number of non-ortho nitro benzene ring substituents is 1. The second kappa shape index (κ2) is 9.17. The minimum Gasteiger partial charge on any atom is -0.440 e. The molecule has 0 radical (unpaired) electrons. The van der Waals surface area contributed by atoms with Crippen LogP contribution in [-0.2, 0) is 0 Å². The third kappa shape index (κ3) is 4.12. The number of carbonyl (C=O) groups is 1. The number of hydrogen-bond acceptors (Lipinski definition) is 8. The monoisotopic (exact) mass is 537 g/mol. The molecule has 0 saturated carbocycles. The number of halogens is 2. The number of nitro benzene ring substituents is 1. The molecule has 1 aliphatic rings. The van der Waals surface area contributed by atoms with E-state index in [0.717, 1.165) is 16.0 Å². The van der Waals surface area contributed by atoms with Gasteiger partial charge in [0.1, 0.15) is 28.0 Å². The van der Waals surface area contributed by atoms with E-state index in [0.29, 0.717) is 21.5 Å². The lowest BCUT2D eigenvalue weighted by Gasteiger charge is -2.26. The van der Waals surface area contributed by atoms with E-state index in [4.69, 9.17) is 38.4 Å². The van der Waals surface area contributed by atoms with Gasteiger partial charge in [-0.1, -0.05) is 47.5 Å². The van der Waals surface area contributed by atoms with Crippen LogP contribution in [-0.4, -0.2) is 10.9 Å². The summed E-state index contributed by atoms with van der Waals surface area (Å²) in [5.41, 5.74) is 7.04. The minimum absolute atomic E-state index is 0.114. The third-order valence-electron chi connectivity index (χ3n) is 5.59. The molecule has 2 N–H and O–H groups in total. The van der Waals surface area contributed by atoms with Crippen molar-refractivity contribution in [1.29, 1.82) is 5.26 Å². The standard InChI is InChI=1S/C25H13Cl2N3O5S/c26-13-4-6-17-20(9-13)36-23(22(17)27)25(31)34-15-5-7-16-19(10-15)35-24(29)18(11-28)21(16)12-2-1-3-14(8-12)30(32)33/h1-10,21H,29H2. The second-order valence-corrected chi connectivity index (χ2v) is 9.62. The van der Waals surface area contributed by atoms with Crippen LogP contribution in [0.2, 0.25) is 10.0 Å². The first-order valence-corrected chi connectivity index (χ1v) is 11.9. The van der Waals surface area contributed by atoms with Crippen molar-refractivity contribution < 1.29 is 19.2 Å². The molecular formula is C25H13Cl2N3O5S. The lowest BCUT2D eigenvalue weighted by Crippen LogP contribution is -2.21. The number of nitro groups is 1. The van der Waals surface area contributed by atoms with Gasteiger partial charge < -0.3 is 15.2 Å². The van der Waals surface area contributed by atoms with Gasteiger partial charge in [0.15, 0.2) is 0 Å². The number of fused-ring (bicyclic) bond motifs is 2. The van der Waals surface area contributed by atoms with Gasteiger partial charge in [-0.2, -0.15) is 5.26 Å². The number of thiophene rings is 1. The molecule has 1 unspecified atom stereocenters. The summed E-state index contributed by atoms with van der Waals surface area (Å²) in [5, 5.41) is 22.5. The largest absolute Gasteiger partial charge is 0.440 e. The van der Waals surface area contributed by atoms with Crippen LogP contribution in [0.1, 0.15) is 26.7 Å². The summed E-state index contributed by atoms with van der Waals surface area (Å²) in [6, 6.07) is 17.7. The molecular weight excluding hydrogens is 525 g/mol. The van der Waals surface area contributed by atoms with Crippen molar-refractivity contribution in [3.8, 4) is 17.6 Å².